The first-order valence-corrected chi connectivity index (χ1v) is 5.97. The van der Waals surface area contributed by atoms with Crippen molar-refractivity contribution in [2.24, 2.45) is 0 Å². The van der Waals surface area contributed by atoms with Gasteiger partial charge in [0.05, 0.1) is 16.1 Å². The van der Waals surface area contributed by atoms with Crippen LogP contribution in [0.25, 0.3) is 20.3 Å². The molecule has 0 fully saturated rings. The van der Waals surface area contributed by atoms with E-state index in [2.05, 4.69) is 15.0 Å². The van der Waals surface area contributed by atoms with Crippen molar-refractivity contribution in [2.45, 2.75) is 20.8 Å². The fourth-order valence-electron chi connectivity index (χ4n) is 2.04. The average Bonchev–Trinajstić information content (AvgIpc) is 2.57. The average molecular weight is 229 g/mol. The molecule has 3 rings (SSSR count). The first-order chi connectivity index (χ1) is 7.66. The summed E-state index contributed by atoms with van der Waals surface area (Å²) in [6.07, 6.45) is 1.85. The zero-order valence-corrected chi connectivity index (χ0v) is 10.2. The van der Waals surface area contributed by atoms with Crippen LogP contribution in [0.5, 0.6) is 0 Å². The second kappa shape index (κ2) is 3.22. The minimum absolute atomic E-state index is 0.835. The molecule has 0 aliphatic heterocycles. The number of nitrogens with zero attached hydrogens (tertiary/aromatic N) is 3. The Balaban J connectivity index is 2.61. The fourth-order valence-corrected chi connectivity index (χ4v) is 3.25. The Bertz CT molecular complexity index is 700. The zero-order valence-electron chi connectivity index (χ0n) is 9.40. The highest BCUT2D eigenvalue weighted by Gasteiger charge is 2.11. The van der Waals surface area contributed by atoms with Gasteiger partial charge in [-0.2, -0.15) is 0 Å². The first kappa shape index (κ1) is 9.66. The van der Waals surface area contributed by atoms with E-state index in [1.807, 2.05) is 33.0 Å². The lowest BCUT2D eigenvalue weighted by molar-refractivity contribution is 1.06. The van der Waals surface area contributed by atoms with Gasteiger partial charge in [-0.3, -0.25) is 4.98 Å². The molecule has 0 aliphatic carbocycles. The van der Waals surface area contributed by atoms with Gasteiger partial charge in [-0.15, -0.1) is 11.3 Å². The lowest BCUT2D eigenvalue weighted by Gasteiger charge is -1.98. The van der Waals surface area contributed by atoms with Gasteiger partial charge in [0.1, 0.15) is 10.7 Å². The summed E-state index contributed by atoms with van der Waals surface area (Å²) in [6, 6.07) is 2.05. The number of aryl methyl sites for hydroxylation is 3. The van der Waals surface area contributed by atoms with Gasteiger partial charge in [-0.25, -0.2) is 9.97 Å². The molecule has 16 heavy (non-hydrogen) atoms. The third-order valence-electron chi connectivity index (χ3n) is 2.72. The van der Waals surface area contributed by atoms with Crippen LogP contribution >= 0.6 is 11.3 Å². The number of pyridine rings is 1. The molecule has 0 atom stereocenters. The van der Waals surface area contributed by atoms with E-state index in [9.17, 15) is 0 Å². The molecule has 3 aromatic heterocycles. The van der Waals surface area contributed by atoms with Crippen LogP contribution in [0.15, 0.2) is 12.3 Å². The Kier molecular flexibility index (Phi) is 1.94. The highest BCUT2D eigenvalue weighted by molar-refractivity contribution is 7.25. The SMILES string of the molecule is Cc1nc(C)c2c(n1)sc1c(C)nccc12. The molecular formula is C12H11N3S. The highest BCUT2D eigenvalue weighted by atomic mass is 32.1. The molecule has 0 radical (unpaired) electrons. The molecule has 0 aromatic carbocycles. The molecule has 3 aromatic rings. The summed E-state index contributed by atoms with van der Waals surface area (Å²) < 4.78 is 1.22. The molecule has 3 heterocycles. The molecule has 0 bridgehead atoms. The van der Waals surface area contributed by atoms with Crippen LogP contribution < -0.4 is 0 Å². The molecule has 3 nitrogen and oxygen atoms in total. The van der Waals surface area contributed by atoms with E-state index in [4.69, 9.17) is 0 Å². The van der Waals surface area contributed by atoms with Crippen LogP contribution in [0.4, 0.5) is 0 Å². The fraction of sp³-hybridized carbons (Fsp3) is 0.250. The largest absolute Gasteiger partial charge is 0.260 e. The van der Waals surface area contributed by atoms with Gasteiger partial charge >= 0.3 is 0 Å². The number of rotatable bonds is 0. The van der Waals surface area contributed by atoms with Gasteiger partial charge in [0.15, 0.2) is 0 Å². The quantitative estimate of drug-likeness (QED) is 0.594. The Labute approximate surface area is 97.2 Å². The topological polar surface area (TPSA) is 38.7 Å². The lowest BCUT2D eigenvalue weighted by Crippen LogP contribution is -1.90. The minimum atomic E-state index is 0.835. The standard InChI is InChI=1S/C12H11N3S/c1-6-10-9-4-5-13-7(2)11(9)16-12(10)15-8(3)14-6/h4-5H,1-3H3. The minimum Gasteiger partial charge on any atom is -0.260 e. The molecule has 0 aliphatic rings. The van der Waals surface area contributed by atoms with E-state index in [-0.39, 0.29) is 0 Å². The summed E-state index contributed by atoms with van der Waals surface area (Å²) >= 11 is 1.70. The van der Waals surface area contributed by atoms with Crippen molar-refractivity contribution < 1.29 is 0 Å². The third kappa shape index (κ3) is 1.23. The van der Waals surface area contributed by atoms with Crippen LogP contribution in [0.2, 0.25) is 0 Å². The van der Waals surface area contributed by atoms with Crippen LogP contribution in [-0.2, 0) is 0 Å². The van der Waals surface area contributed by atoms with Gasteiger partial charge in [0, 0.05) is 17.0 Å². The molecular weight excluding hydrogens is 218 g/mol. The molecule has 0 unspecified atom stereocenters. The highest BCUT2D eigenvalue weighted by Crippen LogP contribution is 2.34. The second-order valence-electron chi connectivity index (χ2n) is 3.91. The smallest absolute Gasteiger partial charge is 0.128 e. The number of thiophene rings is 1. The molecule has 0 saturated heterocycles. The van der Waals surface area contributed by atoms with Crippen LogP contribution in [0, 0.1) is 20.8 Å². The normalized spacial score (nSPS) is 11.4. The predicted molar refractivity (Wildman–Crippen MR) is 66.9 cm³/mol. The van der Waals surface area contributed by atoms with Crippen LogP contribution in [0.1, 0.15) is 17.2 Å². The van der Waals surface area contributed by atoms with Gasteiger partial charge < -0.3 is 0 Å². The van der Waals surface area contributed by atoms with Crippen LogP contribution in [-0.4, -0.2) is 15.0 Å². The maximum Gasteiger partial charge on any atom is 0.128 e. The van der Waals surface area contributed by atoms with E-state index >= 15 is 0 Å². The summed E-state index contributed by atoms with van der Waals surface area (Å²) in [7, 11) is 0. The second-order valence-corrected chi connectivity index (χ2v) is 4.91. The van der Waals surface area contributed by atoms with E-state index in [1.54, 1.807) is 11.3 Å². The molecule has 0 N–H and O–H groups in total. The Morgan fingerprint density at radius 1 is 1.06 bits per heavy atom. The maximum atomic E-state index is 4.49. The van der Waals surface area contributed by atoms with E-state index in [1.165, 1.54) is 15.5 Å². The molecule has 4 heteroatoms. The molecule has 0 amide bonds. The lowest BCUT2D eigenvalue weighted by atomic mass is 10.2. The van der Waals surface area contributed by atoms with E-state index in [0.717, 1.165) is 22.0 Å². The van der Waals surface area contributed by atoms with Crippen molar-refractivity contribution in [3.63, 3.8) is 0 Å². The van der Waals surface area contributed by atoms with Crippen molar-refractivity contribution in [1.82, 2.24) is 15.0 Å². The van der Waals surface area contributed by atoms with Crippen molar-refractivity contribution in [3.05, 3.63) is 29.5 Å². The number of fused-ring (bicyclic) bond motifs is 3. The number of hydrogen-bond acceptors (Lipinski definition) is 4. The molecule has 80 valence electrons. The van der Waals surface area contributed by atoms with Gasteiger partial charge in [-0.05, 0) is 26.8 Å². The maximum absolute atomic E-state index is 4.49. The summed E-state index contributed by atoms with van der Waals surface area (Å²) in [6.45, 7) is 6.01. The summed E-state index contributed by atoms with van der Waals surface area (Å²) in [5.41, 5.74) is 2.12. The van der Waals surface area contributed by atoms with Gasteiger partial charge in [0.2, 0.25) is 0 Å². The van der Waals surface area contributed by atoms with Crippen molar-refractivity contribution in [3.8, 4) is 0 Å². The summed E-state index contributed by atoms with van der Waals surface area (Å²) in [5, 5.41) is 2.40. The zero-order chi connectivity index (χ0) is 11.3. The summed E-state index contributed by atoms with van der Waals surface area (Å²) in [4.78, 5) is 14.3. The number of hydrogen-bond donors (Lipinski definition) is 0. The first-order valence-electron chi connectivity index (χ1n) is 5.16. The number of aromatic nitrogens is 3. The van der Waals surface area contributed by atoms with Crippen molar-refractivity contribution >= 4 is 31.6 Å². The predicted octanol–water partition coefficient (Wildman–Crippen LogP) is 3.16. The monoisotopic (exact) mass is 229 g/mol. The Hall–Kier alpha value is -1.55. The van der Waals surface area contributed by atoms with Gasteiger partial charge in [-0.1, -0.05) is 0 Å². The third-order valence-corrected chi connectivity index (χ3v) is 3.93. The Morgan fingerprint density at radius 2 is 1.88 bits per heavy atom. The Morgan fingerprint density at radius 3 is 2.69 bits per heavy atom. The van der Waals surface area contributed by atoms with E-state index in [0.29, 0.717) is 0 Å². The van der Waals surface area contributed by atoms with E-state index < -0.39 is 0 Å². The van der Waals surface area contributed by atoms with Crippen molar-refractivity contribution in [1.29, 1.82) is 0 Å². The van der Waals surface area contributed by atoms with Gasteiger partial charge in [0.25, 0.3) is 0 Å². The molecule has 0 spiro atoms. The summed E-state index contributed by atoms with van der Waals surface area (Å²) in [5.74, 6) is 0.835. The van der Waals surface area contributed by atoms with Crippen LogP contribution in [0.3, 0.4) is 0 Å². The molecule has 0 saturated carbocycles. The van der Waals surface area contributed by atoms with Crippen molar-refractivity contribution in [2.75, 3.05) is 0 Å².